The average molecular weight is 221 g/mol. The normalized spacial score (nSPS) is 13.8. The Labute approximate surface area is 97.7 Å². The second-order valence-electron chi connectivity index (χ2n) is 3.15. The molecule has 2 rings (SSSR count). The summed E-state index contributed by atoms with van der Waals surface area (Å²) in [5, 5.41) is 13.0. The molecule has 3 N–H and O–H groups in total. The van der Waals surface area contributed by atoms with Crippen LogP contribution in [0.1, 0.15) is 21.5 Å². The molecule has 0 atom stereocenters. The van der Waals surface area contributed by atoms with Crippen LogP contribution in [0.5, 0.6) is 0 Å². The predicted octanol–water partition coefficient (Wildman–Crippen LogP) is 1.46. The van der Waals surface area contributed by atoms with Crippen molar-refractivity contribution in [2.45, 2.75) is 6.92 Å². The third kappa shape index (κ3) is 1.75. The predicted molar refractivity (Wildman–Crippen MR) is 59.7 cm³/mol. The number of carboxylic acids is 1. The number of aryl methyl sites for hydroxylation is 1. The molecule has 0 bridgehead atoms. The van der Waals surface area contributed by atoms with Crippen molar-refractivity contribution in [2.75, 3.05) is 5.73 Å². The van der Waals surface area contributed by atoms with Gasteiger partial charge in [0.1, 0.15) is 5.82 Å². The van der Waals surface area contributed by atoms with Crippen molar-refractivity contribution < 1.29 is 15.4 Å². The highest BCUT2D eigenvalue weighted by molar-refractivity contribution is 5.88. The van der Waals surface area contributed by atoms with Gasteiger partial charge in [0, 0.05) is 6.07 Å². The van der Waals surface area contributed by atoms with E-state index in [0.29, 0.717) is 5.69 Å². The summed E-state index contributed by atoms with van der Waals surface area (Å²) >= 11 is 0. The van der Waals surface area contributed by atoms with Crippen LogP contribution in [0.3, 0.4) is 0 Å². The van der Waals surface area contributed by atoms with Gasteiger partial charge in [0.25, 0.3) is 0 Å². The van der Waals surface area contributed by atoms with Crippen LogP contribution in [-0.2, 0) is 0 Å². The van der Waals surface area contributed by atoms with Crippen molar-refractivity contribution in [3.05, 3.63) is 41.5 Å². The summed E-state index contributed by atoms with van der Waals surface area (Å²) in [7, 11) is 0. The van der Waals surface area contributed by atoms with Crippen molar-refractivity contribution in [1.29, 1.82) is 0 Å². The van der Waals surface area contributed by atoms with Crippen molar-refractivity contribution in [1.82, 2.24) is 9.78 Å². The lowest BCUT2D eigenvalue weighted by Gasteiger charge is -2.04. The summed E-state index contributed by atoms with van der Waals surface area (Å²) in [6.07, 6.45) is 0. The fraction of sp³-hybridized carbons (Fsp3) is 0.0909. The summed E-state index contributed by atoms with van der Waals surface area (Å²) < 4.78 is 31.9. The van der Waals surface area contributed by atoms with Gasteiger partial charge in [0.05, 0.1) is 22.4 Å². The van der Waals surface area contributed by atoms with Crippen LogP contribution < -0.4 is 5.73 Å². The molecule has 1 aromatic heterocycles. The van der Waals surface area contributed by atoms with Crippen LogP contribution >= 0.6 is 0 Å². The number of aromatic carboxylic acids is 1. The number of hydrogen-bond acceptors (Lipinski definition) is 3. The molecule has 0 saturated carbocycles. The third-order valence-corrected chi connectivity index (χ3v) is 1.90. The highest BCUT2D eigenvalue weighted by Crippen LogP contribution is 2.15. The number of nitrogen functional groups attached to an aromatic ring is 1. The SMILES string of the molecule is [2H]c1c([2H])c(C(=O)O)c([2H])c(-n2nc(C)cc2N)c1[2H]. The van der Waals surface area contributed by atoms with E-state index in [2.05, 4.69) is 5.10 Å². The number of rotatable bonds is 2. The fourth-order valence-corrected chi connectivity index (χ4v) is 1.25. The van der Waals surface area contributed by atoms with Gasteiger partial charge in [-0.15, -0.1) is 0 Å². The molecule has 1 aromatic carbocycles. The number of aromatic nitrogens is 2. The molecule has 0 fully saturated rings. The summed E-state index contributed by atoms with van der Waals surface area (Å²) in [5.74, 6) is -1.38. The van der Waals surface area contributed by atoms with E-state index in [0.717, 1.165) is 4.68 Å². The zero-order chi connectivity index (χ0) is 15.2. The molecule has 0 amide bonds. The van der Waals surface area contributed by atoms with E-state index in [9.17, 15) is 4.79 Å². The largest absolute Gasteiger partial charge is 0.478 e. The minimum atomic E-state index is -1.50. The van der Waals surface area contributed by atoms with Crippen LogP contribution in [0.4, 0.5) is 5.82 Å². The molecule has 1 heterocycles. The fourth-order valence-electron chi connectivity index (χ4n) is 1.25. The van der Waals surface area contributed by atoms with Gasteiger partial charge in [-0.3, -0.25) is 0 Å². The lowest BCUT2D eigenvalue weighted by Crippen LogP contribution is -2.04. The van der Waals surface area contributed by atoms with Crippen LogP contribution in [0.25, 0.3) is 5.69 Å². The van der Waals surface area contributed by atoms with Gasteiger partial charge >= 0.3 is 5.97 Å². The van der Waals surface area contributed by atoms with Gasteiger partial charge in [-0.2, -0.15) is 5.10 Å². The maximum atomic E-state index is 11.1. The summed E-state index contributed by atoms with van der Waals surface area (Å²) in [4.78, 5) is 11.1. The first kappa shape index (κ1) is 6.32. The molecule has 0 aliphatic carbocycles. The van der Waals surface area contributed by atoms with Gasteiger partial charge in [0.15, 0.2) is 0 Å². The summed E-state index contributed by atoms with van der Waals surface area (Å²) in [5.41, 5.74) is 5.37. The van der Waals surface area contributed by atoms with Gasteiger partial charge in [-0.25, -0.2) is 9.48 Å². The number of benzene rings is 1. The molecule has 0 unspecified atom stereocenters. The van der Waals surface area contributed by atoms with Crippen molar-refractivity contribution >= 4 is 11.8 Å². The highest BCUT2D eigenvalue weighted by atomic mass is 16.4. The molecule has 0 radical (unpaired) electrons. The maximum Gasteiger partial charge on any atom is 0.335 e. The van der Waals surface area contributed by atoms with Gasteiger partial charge in [0.2, 0.25) is 0 Å². The van der Waals surface area contributed by atoms with E-state index in [1.165, 1.54) is 6.07 Å². The minimum Gasteiger partial charge on any atom is -0.478 e. The molecule has 0 aliphatic heterocycles. The van der Waals surface area contributed by atoms with Crippen molar-refractivity contribution in [2.24, 2.45) is 0 Å². The second kappa shape index (κ2) is 3.69. The molecule has 0 spiro atoms. The Morgan fingerprint density at radius 1 is 1.62 bits per heavy atom. The highest BCUT2D eigenvalue weighted by Gasteiger charge is 2.07. The number of hydrogen-bond donors (Lipinski definition) is 2. The standard InChI is InChI=1S/C11H11N3O2/c1-7-5-10(12)14(13-7)9-4-2-3-8(6-9)11(15)16/h2-6H,12H2,1H3,(H,15,16)/i2D,3D,4D,6D. The molecule has 2 aromatic rings. The molecule has 5 heteroatoms. The van der Waals surface area contributed by atoms with Gasteiger partial charge < -0.3 is 10.8 Å². The van der Waals surface area contributed by atoms with E-state index < -0.39 is 35.7 Å². The Bertz CT molecular complexity index is 727. The molecule has 0 aliphatic rings. The number of carboxylic acid groups (broad SMARTS) is 1. The third-order valence-electron chi connectivity index (χ3n) is 1.90. The van der Waals surface area contributed by atoms with E-state index >= 15 is 0 Å². The summed E-state index contributed by atoms with van der Waals surface area (Å²) in [6, 6.07) is -0.768. The van der Waals surface area contributed by atoms with E-state index in [1.807, 2.05) is 0 Å². The Kier molecular flexibility index (Phi) is 1.46. The zero-order valence-electron chi connectivity index (χ0n) is 12.4. The molecule has 0 saturated heterocycles. The lowest BCUT2D eigenvalue weighted by molar-refractivity contribution is 0.0697. The topological polar surface area (TPSA) is 81.1 Å². The Morgan fingerprint density at radius 3 is 2.94 bits per heavy atom. The first-order valence-corrected chi connectivity index (χ1v) is 4.41. The van der Waals surface area contributed by atoms with E-state index in [1.54, 1.807) is 6.92 Å². The minimum absolute atomic E-state index is 0.123. The smallest absolute Gasteiger partial charge is 0.335 e. The van der Waals surface area contributed by atoms with Crippen LogP contribution in [0.2, 0.25) is 0 Å². The van der Waals surface area contributed by atoms with Crippen molar-refractivity contribution in [3.63, 3.8) is 0 Å². The zero-order valence-corrected chi connectivity index (χ0v) is 8.40. The van der Waals surface area contributed by atoms with Crippen LogP contribution in [-0.4, -0.2) is 20.9 Å². The lowest BCUT2D eigenvalue weighted by atomic mass is 10.2. The van der Waals surface area contributed by atoms with Gasteiger partial charge in [-0.1, -0.05) is 6.04 Å². The number of carbonyl (C=O) groups is 1. The van der Waals surface area contributed by atoms with Crippen LogP contribution in [0, 0.1) is 6.92 Å². The Hall–Kier alpha value is -2.30. The average Bonchev–Trinajstić information content (AvgIpc) is 2.66. The van der Waals surface area contributed by atoms with Crippen molar-refractivity contribution in [3.8, 4) is 5.69 Å². The number of anilines is 1. The van der Waals surface area contributed by atoms with E-state index in [4.69, 9.17) is 16.3 Å². The second-order valence-corrected chi connectivity index (χ2v) is 3.15. The first-order chi connectivity index (χ1) is 9.25. The van der Waals surface area contributed by atoms with E-state index in [-0.39, 0.29) is 11.5 Å². The molecular formula is C11H11N3O2. The Balaban J connectivity index is 2.90. The molecular weight excluding hydrogens is 206 g/mol. The quantitative estimate of drug-likeness (QED) is 0.804. The number of nitrogens with two attached hydrogens (primary N) is 1. The monoisotopic (exact) mass is 221 g/mol. The molecule has 82 valence electrons. The summed E-state index contributed by atoms with van der Waals surface area (Å²) in [6.45, 7) is 1.65. The first-order valence-electron chi connectivity index (χ1n) is 6.41. The molecule has 16 heavy (non-hydrogen) atoms. The number of nitrogens with zero attached hydrogens (tertiary/aromatic N) is 2. The Morgan fingerprint density at radius 2 is 2.38 bits per heavy atom. The molecule has 5 nitrogen and oxygen atoms in total. The van der Waals surface area contributed by atoms with Gasteiger partial charge in [-0.05, 0) is 25.1 Å². The van der Waals surface area contributed by atoms with Crippen LogP contribution in [0.15, 0.2) is 30.2 Å². The maximum absolute atomic E-state index is 11.1.